The molecule has 26 heavy (non-hydrogen) atoms. The number of nitrogens with zero attached hydrogens (tertiary/aromatic N) is 5. The highest BCUT2D eigenvalue weighted by molar-refractivity contribution is 5.77. The minimum absolute atomic E-state index is 0.0328. The molecule has 1 amide bonds. The quantitative estimate of drug-likeness (QED) is 0.863. The van der Waals surface area contributed by atoms with Crippen molar-refractivity contribution in [3.05, 3.63) is 36.5 Å². The van der Waals surface area contributed by atoms with Gasteiger partial charge in [-0.15, -0.1) is 0 Å². The Hall–Kier alpha value is -2.48. The smallest absolute Gasteiger partial charge is 0.232 e. The van der Waals surface area contributed by atoms with Gasteiger partial charge in [0.1, 0.15) is 6.61 Å². The largest absolute Gasteiger partial charge is 0.474 e. The minimum Gasteiger partial charge on any atom is -0.474 e. The molecule has 1 aliphatic heterocycles. The maximum Gasteiger partial charge on any atom is 0.232 e. The molecule has 2 aromatic heterocycles. The summed E-state index contributed by atoms with van der Waals surface area (Å²) in [5, 5.41) is 14.7. The maximum atomic E-state index is 13.0. The zero-order valence-corrected chi connectivity index (χ0v) is 14.6. The fourth-order valence-corrected chi connectivity index (χ4v) is 3.58. The van der Waals surface area contributed by atoms with Crippen LogP contribution in [0.15, 0.2) is 30.9 Å². The molecule has 1 atom stereocenters. The summed E-state index contributed by atoms with van der Waals surface area (Å²) in [7, 11) is 0. The first-order chi connectivity index (χ1) is 12.6. The second-order valence-electron chi connectivity index (χ2n) is 7.12. The average Bonchev–Trinajstić information content (AvgIpc) is 2.99. The van der Waals surface area contributed by atoms with E-state index in [1.54, 1.807) is 24.8 Å². The van der Waals surface area contributed by atoms with Gasteiger partial charge in [-0.2, -0.15) is 5.10 Å². The fraction of sp³-hybridized carbons (Fsp3) is 0.556. The second-order valence-corrected chi connectivity index (χ2v) is 7.12. The third-order valence-corrected chi connectivity index (χ3v) is 5.30. The highest BCUT2D eigenvalue weighted by Gasteiger charge is 2.39. The normalized spacial score (nSPS) is 21.4. The van der Waals surface area contributed by atoms with E-state index in [0.717, 1.165) is 25.1 Å². The van der Waals surface area contributed by atoms with Crippen LogP contribution in [0.4, 0.5) is 0 Å². The van der Waals surface area contributed by atoms with Crippen molar-refractivity contribution in [3.63, 3.8) is 0 Å². The Morgan fingerprint density at radius 2 is 2.23 bits per heavy atom. The number of hydrogen-bond donors (Lipinski definition) is 1. The van der Waals surface area contributed by atoms with Crippen LogP contribution < -0.4 is 4.74 Å². The van der Waals surface area contributed by atoms with Crippen molar-refractivity contribution in [1.82, 2.24) is 24.6 Å². The molecule has 0 spiro atoms. The molecule has 1 fully saturated rings. The van der Waals surface area contributed by atoms with Crippen LogP contribution >= 0.6 is 0 Å². The molecule has 1 saturated carbocycles. The molecule has 1 unspecified atom stereocenters. The molecule has 2 aromatic rings. The molecule has 2 aliphatic rings. The molecular weight excluding hydrogens is 334 g/mol. The highest BCUT2D eigenvalue weighted by atomic mass is 16.5. The van der Waals surface area contributed by atoms with Gasteiger partial charge in [0.25, 0.3) is 0 Å². The lowest BCUT2D eigenvalue weighted by Gasteiger charge is -2.38. The highest BCUT2D eigenvalue weighted by Crippen LogP contribution is 2.35. The summed E-state index contributed by atoms with van der Waals surface area (Å²) < 4.78 is 7.70. The summed E-state index contributed by atoms with van der Waals surface area (Å²) >= 11 is 0. The number of carbonyl (C=O) groups excluding carboxylic acids is 1. The van der Waals surface area contributed by atoms with Gasteiger partial charge in [0.05, 0.1) is 36.5 Å². The van der Waals surface area contributed by atoms with E-state index in [9.17, 15) is 9.90 Å². The monoisotopic (exact) mass is 357 g/mol. The number of hydrogen-bond acceptors (Lipinski definition) is 6. The predicted octanol–water partition coefficient (Wildman–Crippen LogP) is 1.16. The predicted molar refractivity (Wildman–Crippen MR) is 92.1 cm³/mol. The molecule has 1 N–H and O–H groups in total. The Morgan fingerprint density at radius 1 is 1.35 bits per heavy atom. The number of aliphatic hydroxyl groups is 1. The molecule has 0 radical (unpaired) electrons. The van der Waals surface area contributed by atoms with Crippen molar-refractivity contribution in [2.75, 3.05) is 6.61 Å². The third kappa shape index (κ3) is 3.55. The summed E-state index contributed by atoms with van der Waals surface area (Å²) in [6.07, 6.45) is 9.77. The Labute approximate surface area is 151 Å². The number of aromatic nitrogens is 4. The average molecular weight is 357 g/mol. The Morgan fingerprint density at radius 3 is 2.96 bits per heavy atom. The zero-order valence-electron chi connectivity index (χ0n) is 14.6. The van der Waals surface area contributed by atoms with E-state index in [4.69, 9.17) is 4.74 Å². The Bertz CT molecular complexity index is 759. The van der Waals surface area contributed by atoms with Gasteiger partial charge in [-0.05, 0) is 31.7 Å². The van der Waals surface area contributed by atoms with E-state index in [-0.39, 0.29) is 18.4 Å². The standard InChI is InChI=1S/C18H23N5O3/c24-17(10-18(25)4-1-5-18)22-12-14-2-6-21-23(14)9-3-15(22)13-26-16-11-19-7-8-20-16/h2,6-8,11,15,25H,1,3-5,9-10,12-13H2. The van der Waals surface area contributed by atoms with Gasteiger partial charge >= 0.3 is 0 Å². The Kier molecular flexibility index (Phi) is 4.58. The fourth-order valence-electron chi connectivity index (χ4n) is 3.58. The van der Waals surface area contributed by atoms with E-state index in [1.165, 1.54) is 0 Å². The van der Waals surface area contributed by atoms with E-state index < -0.39 is 5.60 Å². The van der Waals surface area contributed by atoms with Crippen molar-refractivity contribution in [3.8, 4) is 5.88 Å². The molecule has 0 saturated heterocycles. The van der Waals surface area contributed by atoms with Crippen LogP contribution in [0.25, 0.3) is 0 Å². The molecule has 138 valence electrons. The molecule has 1 aliphatic carbocycles. The maximum absolute atomic E-state index is 13.0. The summed E-state index contributed by atoms with van der Waals surface area (Å²) in [4.78, 5) is 22.9. The third-order valence-electron chi connectivity index (χ3n) is 5.30. The van der Waals surface area contributed by atoms with Gasteiger partial charge in [0, 0.05) is 25.1 Å². The van der Waals surface area contributed by atoms with E-state index in [1.807, 2.05) is 15.6 Å². The van der Waals surface area contributed by atoms with Gasteiger partial charge in [0.2, 0.25) is 11.8 Å². The first-order valence-electron chi connectivity index (χ1n) is 9.04. The molecule has 0 aromatic carbocycles. The molecular formula is C18H23N5O3. The van der Waals surface area contributed by atoms with Crippen LogP contribution in [0.5, 0.6) is 5.88 Å². The molecule has 8 nitrogen and oxygen atoms in total. The van der Waals surface area contributed by atoms with Crippen molar-refractivity contribution in [2.24, 2.45) is 0 Å². The molecule has 4 rings (SSSR count). The number of carbonyl (C=O) groups is 1. The van der Waals surface area contributed by atoms with E-state index in [2.05, 4.69) is 15.1 Å². The number of fused-ring (bicyclic) bond motifs is 1. The summed E-state index contributed by atoms with van der Waals surface area (Å²) in [5.74, 6) is 0.411. The summed E-state index contributed by atoms with van der Waals surface area (Å²) in [6.45, 7) is 1.54. The summed E-state index contributed by atoms with van der Waals surface area (Å²) in [5.41, 5.74) is 0.167. The minimum atomic E-state index is -0.833. The number of amides is 1. The first-order valence-corrected chi connectivity index (χ1v) is 9.04. The topological polar surface area (TPSA) is 93.4 Å². The Balaban J connectivity index is 1.49. The lowest BCUT2D eigenvalue weighted by molar-refractivity contribution is -0.144. The number of rotatable bonds is 5. The number of ether oxygens (including phenoxy) is 1. The van der Waals surface area contributed by atoms with Crippen LogP contribution in [-0.2, 0) is 17.9 Å². The molecule has 8 heteroatoms. The van der Waals surface area contributed by atoms with Gasteiger partial charge in [-0.25, -0.2) is 4.98 Å². The summed E-state index contributed by atoms with van der Waals surface area (Å²) in [6, 6.07) is 1.83. The molecule has 3 heterocycles. The van der Waals surface area contributed by atoms with Crippen molar-refractivity contribution in [1.29, 1.82) is 0 Å². The van der Waals surface area contributed by atoms with Crippen LogP contribution in [-0.4, -0.2) is 53.9 Å². The van der Waals surface area contributed by atoms with Crippen molar-refractivity contribution >= 4 is 5.91 Å². The van der Waals surface area contributed by atoms with Crippen LogP contribution in [0.2, 0.25) is 0 Å². The van der Waals surface area contributed by atoms with Crippen LogP contribution in [0.3, 0.4) is 0 Å². The first kappa shape index (κ1) is 17.0. The van der Waals surface area contributed by atoms with E-state index >= 15 is 0 Å². The zero-order chi connectivity index (χ0) is 18.0. The van der Waals surface area contributed by atoms with Gasteiger partial charge in [-0.1, -0.05) is 0 Å². The van der Waals surface area contributed by atoms with Gasteiger partial charge in [-0.3, -0.25) is 14.5 Å². The van der Waals surface area contributed by atoms with Gasteiger partial charge in [0.15, 0.2) is 0 Å². The lowest BCUT2D eigenvalue weighted by Crippen LogP contribution is -2.48. The van der Waals surface area contributed by atoms with Crippen molar-refractivity contribution in [2.45, 2.75) is 56.8 Å². The van der Waals surface area contributed by atoms with Crippen LogP contribution in [0, 0.1) is 0 Å². The van der Waals surface area contributed by atoms with Crippen molar-refractivity contribution < 1.29 is 14.6 Å². The lowest BCUT2D eigenvalue weighted by atomic mass is 9.77. The second kappa shape index (κ2) is 7.03. The SMILES string of the molecule is O=C(CC1(O)CCC1)N1Cc2ccnn2CCC1COc1cnccn1. The van der Waals surface area contributed by atoms with Gasteiger partial charge < -0.3 is 14.7 Å². The molecule has 0 bridgehead atoms. The number of aryl methyl sites for hydroxylation is 1. The van der Waals surface area contributed by atoms with E-state index in [0.29, 0.717) is 31.9 Å². The van der Waals surface area contributed by atoms with Crippen LogP contribution in [0.1, 0.15) is 37.8 Å².